The summed E-state index contributed by atoms with van der Waals surface area (Å²) in [7, 11) is 0. The Labute approximate surface area is 102 Å². The number of rotatable bonds is 4. The van der Waals surface area contributed by atoms with Crippen molar-refractivity contribution in [3.8, 4) is 0 Å². The lowest BCUT2D eigenvalue weighted by molar-refractivity contribution is 0.194. The summed E-state index contributed by atoms with van der Waals surface area (Å²) in [6, 6.07) is 7.80. The average Bonchev–Trinajstić information content (AvgIpc) is 2.40. The molecule has 0 amide bonds. The minimum Gasteiger partial charge on any atom is -0.330 e. The number of nitrogens with two attached hydrogens (primary N) is 1. The maximum absolute atomic E-state index is 14.4. The second-order valence-electron chi connectivity index (χ2n) is 4.79. The van der Waals surface area contributed by atoms with Gasteiger partial charge in [-0.2, -0.15) is 0 Å². The number of hydrogen-bond acceptors (Lipinski definition) is 2. The Kier molecular flexibility index (Phi) is 4.51. The first-order valence-corrected chi connectivity index (χ1v) is 6.45. The molecular formula is C14H21FN2. The van der Waals surface area contributed by atoms with Crippen LogP contribution in [0.1, 0.15) is 30.1 Å². The van der Waals surface area contributed by atoms with Crippen molar-refractivity contribution in [1.29, 1.82) is 0 Å². The number of benzene rings is 1. The van der Waals surface area contributed by atoms with Crippen LogP contribution in [0.25, 0.3) is 0 Å². The van der Waals surface area contributed by atoms with Crippen molar-refractivity contribution >= 4 is 0 Å². The van der Waals surface area contributed by atoms with Gasteiger partial charge in [-0.1, -0.05) is 24.3 Å². The first-order valence-electron chi connectivity index (χ1n) is 6.45. The Morgan fingerprint density at radius 3 is 3.06 bits per heavy atom. The van der Waals surface area contributed by atoms with E-state index in [4.69, 9.17) is 5.73 Å². The fraction of sp³-hybridized carbons (Fsp3) is 0.571. The lowest BCUT2D eigenvalue weighted by atomic mass is 9.90. The predicted molar refractivity (Wildman–Crippen MR) is 68.6 cm³/mol. The molecule has 0 saturated carbocycles. The quantitative estimate of drug-likeness (QED) is 0.841. The standard InChI is InChI=1S/C14H21FN2/c15-14(13-5-2-8-17-10-13)12-4-1-3-11(9-12)6-7-16/h1,3-4,9,13-14,17H,2,5-8,10,16H2. The van der Waals surface area contributed by atoms with E-state index in [-0.39, 0.29) is 5.92 Å². The summed E-state index contributed by atoms with van der Waals surface area (Å²) in [6.45, 7) is 2.43. The van der Waals surface area contributed by atoms with Crippen LogP contribution in [0.3, 0.4) is 0 Å². The lowest BCUT2D eigenvalue weighted by Gasteiger charge is -2.26. The van der Waals surface area contributed by atoms with E-state index in [1.807, 2.05) is 24.3 Å². The number of alkyl halides is 1. The summed E-state index contributed by atoms with van der Waals surface area (Å²) in [6.07, 6.45) is 2.03. The first-order chi connectivity index (χ1) is 8.31. The zero-order chi connectivity index (χ0) is 12.1. The molecule has 0 aromatic heterocycles. The normalized spacial score (nSPS) is 22.4. The van der Waals surface area contributed by atoms with Crippen molar-refractivity contribution in [3.05, 3.63) is 35.4 Å². The molecule has 0 radical (unpaired) electrons. The Morgan fingerprint density at radius 1 is 1.47 bits per heavy atom. The van der Waals surface area contributed by atoms with Crippen molar-refractivity contribution in [2.45, 2.75) is 25.4 Å². The fourth-order valence-corrected chi connectivity index (χ4v) is 2.49. The molecule has 94 valence electrons. The SMILES string of the molecule is NCCc1cccc(C(F)C2CCCNC2)c1. The van der Waals surface area contributed by atoms with E-state index in [0.717, 1.165) is 43.5 Å². The summed E-state index contributed by atoms with van der Waals surface area (Å²) in [4.78, 5) is 0. The van der Waals surface area contributed by atoms with E-state index in [2.05, 4.69) is 5.32 Å². The van der Waals surface area contributed by atoms with Crippen LogP contribution in [0, 0.1) is 5.92 Å². The van der Waals surface area contributed by atoms with Gasteiger partial charge in [0, 0.05) is 12.5 Å². The Balaban J connectivity index is 2.06. The van der Waals surface area contributed by atoms with Gasteiger partial charge < -0.3 is 11.1 Å². The second kappa shape index (κ2) is 6.12. The van der Waals surface area contributed by atoms with Gasteiger partial charge in [0.2, 0.25) is 0 Å². The van der Waals surface area contributed by atoms with E-state index in [9.17, 15) is 4.39 Å². The highest BCUT2D eigenvalue weighted by Crippen LogP contribution is 2.31. The van der Waals surface area contributed by atoms with Crippen molar-refractivity contribution in [1.82, 2.24) is 5.32 Å². The zero-order valence-corrected chi connectivity index (χ0v) is 10.2. The molecule has 1 aliphatic heterocycles. The van der Waals surface area contributed by atoms with Gasteiger partial charge in [-0.05, 0) is 43.5 Å². The lowest BCUT2D eigenvalue weighted by Crippen LogP contribution is -2.32. The van der Waals surface area contributed by atoms with Crippen LogP contribution in [0.2, 0.25) is 0 Å². The third-order valence-corrected chi connectivity index (χ3v) is 3.45. The molecule has 0 spiro atoms. The van der Waals surface area contributed by atoms with Crippen molar-refractivity contribution in [2.24, 2.45) is 11.7 Å². The molecule has 2 nitrogen and oxygen atoms in total. The number of halogens is 1. The van der Waals surface area contributed by atoms with Crippen LogP contribution >= 0.6 is 0 Å². The maximum Gasteiger partial charge on any atom is 0.129 e. The number of piperidine rings is 1. The van der Waals surface area contributed by atoms with Crippen molar-refractivity contribution in [3.63, 3.8) is 0 Å². The van der Waals surface area contributed by atoms with Gasteiger partial charge in [0.25, 0.3) is 0 Å². The topological polar surface area (TPSA) is 38.0 Å². The largest absolute Gasteiger partial charge is 0.330 e. The average molecular weight is 236 g/mol. The van der Waals surface area contributed by atoms with E-state index in [1.165, 1.54) is 0 Å². The number of nitrogens with one attached hydrogen (secondary N) is 1. The molecule has 1 fully saturated rings. The van der Waals surface area contributed by atoms with Crippen LogP contribution < -0.4 is 11.1 Å². The Bertz CT molecular complexity index is 348. The molecule has 1 aliphatic rings. The van der Waals surface area contributed by atoms with Gasteiger partial charge in [0.05, 0.1) is 0 Å². The molecule has 3 N–H and O–H groups in total. The molecule has 2 rings (SSSR count). The molecule has 1 saturated heterocycles. The van der Waals surface area contributed by atoms with E-state index < -0.39 is 6.17 Å². The summed E-state index contributed by atoms with van der Waals surface area (Å²) in [5.74, 6) is 0.122. The first kappa shape index (κ1) is 12.5. The highest BCUT2D eigenvalue weighted by Gasteiger charge is 2.24. The summed E-state index contributed by atoms with van der Waals surface area (Å²) in [5, 5.41) is 3.27. The van der Waals surface area contributed by atoms with Gasteiger partial charge in [-0.25, -0.2) is 4.39 Å². The van der Waals surface area contributed by atoms with Crippen molar-refractivity contribution < 1.29 is 4.39 Å². The minimum atomic E-state index is -0.847. The predicted octanol–water partition coefficient (Wildman–Crippen LogP) is 2.20. The summed E-state index contributed by atoms with van der Waals surface area (Å²) in [5.41, 5.74) is 7.47. The van der Waals surface area contributed by atoms with E-state index in [1.54, 1.807) is 0 Å². The highest BCUT2D eigenvalue weighted by atomic mass is 19.1. The highest BCUT2D eigenvalue weighted by molar-refractivity contribution is 5.26. The third kappa shape index (κ3) is 3.27. The van der Waals surface area contributed by atoms with Gasteiger partial charge in [-0.3, -0.25) is 0 Å². The molecule has 1 heterocycles. The molecule has 2 atom stereocenters. The molecule has 17 heavy (non-hydrogen) atoms. The molecule has 1 aromatic rings. The van der Waals surface area contributed by atoms with Crippen LogP contribution in [0.15, 0.2) is 24.3 Å². The van der Waals surface area contributed by atoms with Crippen LogP contribution in [0.5, 0.6) is 0 Å². The van der Waals surface area contributed by atoms with E-state index in [0.29, 0.717) is 6.54 Å². The van der Waals surface area contributed by atoms with Crippen LogP contribution in [0.4, 0.5) is 4.39 Å². The summed E-state index contributed by atoms with van der Waals surface area (Å²) < 4.78 is 14.4. The molecule has 2 unspecified atom stereocenters. The zero-order valence-electron chi connectivity index (χ0n) is 10.2. The van der Waals surface area contributed by atoms with Gasteiger partial charge >= 0.3 is 0 Å². The number of hydrogen-bond donors (Lipinski definition) is 2. The monoisotopic (exact) mass is 236 g/mol. The smallest absolute Gasteiger partial charge is 0.129 e. The van der Waals surface area contributed by atoms with Gasteiger partial charge in [0.1, 0.15) is 6.17 Å². The Morgan fingerprint density at radius 2 is 2.35 bits per heavy atom. The third-order valence-electron chi connectivity index (χ3n) is 3.45. The van der Waals surface area contributed by atoms with Gasteiger partial charge in [-0.15, -0.1) is 0 Å². The van der Waals surface area contributed by atoms with Crippen LogP contribution in [-0.4, -0.2) is 19.6 Å². The van der Waals surface area contributed by atoms with Crippen LogP contribution in [-0.2, 0) is 6.42 Å². The molecular weight excluding hydrogens is 215 g/mol. The summed E-state index contributed by atoms with van der Waals surface area (Å²) >= 11 is 0. The maximum atomic E-state index is 14.4. The van der Waals surface area contributed by atoms with Gasteiger partial charge in [0.15, 0.2) is 0 Å². The fourth-order valence-electron chi connectivity index (χ4n) is 2.49. The second-order valence-corrected chi connectivity index (χ2v) is 4.79. The molecule has 0 aliphatic carbocycles. The van der Waals surface area contributed by atoms with Crippen molar-refractivity contribution in [2.75, 3.05) is 19.6 Å². The molecule has 1 aromatic carbocycles. The molecule has 0 bridgehead atoms. The van der Waals surface area contributed by atoms with E-state index >= 15 is 0 Å². The Hall–Kier alpha value is -0.930. The molecule has 3 heteroatoms. The minimum absolute atomic E-state index is 0.122.